The SMILES string of the molecule is O=C(c1ccc2c(ccn2-c2ccc(OC3CCN(Cc4ncc(F)cn4)CC3)cn2)c1)N1CCCC1. The number of halogens is 1. The fraction of sp³-hybridized carbons (Fsp3) is 0.357. The summed E-state index contributed by atoms with van der Waals surface area (Å²) < 4.78 is 21.2. The number of benzene rings is 1. The molecule has 4 aromatic rings. The quantitative estimate of drug-likeness (QED) is 0.394. The molecule has 0 radical (unpaired) electrons. The minimum Gasteiger partial charge on any atom is -0.489 e. The van der Waals surface area contributed by atoms with Gasteiger partial charge in [0, 0.05) is 43.3 Å². The predicted octanol–water partition coefficient (Wildman–Crippen LogP) is 4.23. The van der Waals surface area contributed by atoms with E-state index in [9.17, 15) is 9.18 Å². The molecule has 1 aromatic carbocycles. The van der Waals surface area contributed by atoms with Crippen LogP contribution in [0.3, 0.4) is 0 Å². The van der Waals surface area contributed by atoms with Crippen molar-refractivity contribution in [1.82, 2.24) is 29.3 Å². The van der Waals surface area contributed by atoms with Crippen LogP contribution in [0.15, 0.2) is 61.2 Å². The Labute approximate surface area is 214 Å². The Kier molecular flexibility index (Phi) is 6.53. The van der Waals surface area contributed by atoms with Crippen LogP contribution >= 0.6 is 0 Å². The number of fused-ring (bicyclic) bond motifs is 1. The third-order valence-corrected chi connectivity index (χ3v) is 7.17. The molecule has 0 atom stereocenters. The Bertz CT molecular complexity index is 1370. The molecule has 9 heteroatoms. The number of ether oxygens (including phenoxy) is 1. The van der Waals surface area contributed by atoms with E-state index in [1.807, 2.05) is 52.1 Å². The zero-order valence-electron chi connectivity index (χ0n) is 20.6. The van der Waals surface area contributed by atoms with Crippen LogP contribution in [0, 0.1) is 5.82 Å². The third-order valence-electron chi connectivity index (χ3n) is 7.17. The van der Waals surface area contributed by atoms with Gasteiger partial charge < -0.3 is 14.2 Å². The van der Waals surface area contributed by atoms with Crippen molar-refractivity contribution in [3.05, 3.63) is 78.4 Å². The second-order valence-corrected chi connectivity index (χ2v) is 9.72. The standard InChI is InChI=1S/C28H29FN6O2/c29-22-16-30-26(31-17-22)19-33-12-8-23(9-13-33)37-24-4-6-27(32-18-24)35-14-7-20-15-21(3-5-25(20)35)28(36)34-10-1-2-11-34/h3-7,14-18,23H,1-2,8-13,19H2. The summed E-state index contributed by atoms with van der Waals surface area (Å²) in [6.45, 7) is 4.05. The molecule has 2 aliphatic rings. The summed E-state index contributed by atoms with van der Waals surface area (Å²) in [7, 11) is 0. The van der Waals surface area contributed by atoms with Crippen LogP contribution in [-0.4, -0.2) is 67.5 Å². The molecule has 0 unspecified atom stereocenters. The molecule has 8 nitrogen and oxygen atoms in total. The number of likely N-dealkylation sites (tertiary alicyclic amines) is 2. The van der Waals surface area contributed by atoms with Gasteiger partial charge in [-0.1, -0.05) is 0 Å². The average Bonchev–Trinajstić information content (AvgIpc) is 3.62. The highest BCUT2D eigenvalue weighted by molar-refractivity contribution is 5.98. The summed E-state index contributed by atoms with van der Waals surface area (Å²) >= 11 is 0. The number of aromatic nitrogens is 4. The molecule has 0 N–H and O–H groups in total. The summed E-state index contributed by atoms with van der Waals surface area (Å²) in [5.41, 5.74) is 1.75. The van der Waals surface area contributed by atoms with Crippen molar-refractivity contribution in [2.75, 3.05) is 26.2 Å². The molecule has 37 heavy (non-hydrogen) atoms. The molecular formula is C28H29FN6O2. The van der Waals surface area contributed by atoms with Crippen molar-refractivity contribution < 1.29 is 13.9 Å². The van der Waals surface area contributed by atoms with Crippen LogP contribution in [0.2, 0.25) is 0 Å². The highest BCUT2D eigenvalue weighted by Crippen LogP contribution is 2.25. The highest BCUT2D eigenvalue weighted by Gasteiger charge is 2.22. The largest absolute Gasteiger partial charge is 0.489 e. The van der Waals surface area contributed by atoms with Gasteiger partial charge in [-0.05, 0) is 62.1 Å². The van der Waals surface area contributed by atoms with Gasteiger partial charge in [0.1, 0.15) is 23.5 Å². The molecule has 2 saturated heterocycles. The molecule has 190 valence electrons. The van der Waals surface area contributed by atoms with Crippen molar-refractivity contribution in [2.24, 2.45) is 0 Å². The Morgan fingerprint density at radius 3 is 2.46 bits per heavy atom. The van der Waals surface area contributed by atoms with Crippen LogP contribution in [0.5, 0.6) is 5.75 Å². The maximum Gasteiger partial charge on any atom is 0.253 e. The van der Waals surface area contributed by atoms with Gasteiger partial charge in [0.15, 0.2) is 5.82 Å². The normalized spacial score (nSPS) is 16.9. The van der Waals surface area contributed by atoms with E-state index in [4.69, 9.17) is 4.74 Å². The fourth-order valence-electron chi connectivity index (χ4n) is 5.16. The highest BCUT2D eigenvalue weighted by atomic mass is 19.1. The maximum atomic E-state index is 13.0. The predicted molar refractivity (Wildman–Crippen MR) is 137 cm³/mol. The van der Waals surface area contributed by atoms with Gasteiger partial charge in [0.05, 0.1) is 30.7 Å². The van der Waals surface area contributed by atoms with Gasteiger partial charge in [0.25, 0.3) is 5.91 Å². The van der Waals surface area contributed by atoms with E-state index in [1.165, 1.54) is 12.4 Å². The first-order valence-corrected chi connectivity index (χ1v) is 12.8. The number of rotatable bonds is 6. The van der Waals surface area contributed by atoms with Crippen LogP contribution in [0.1, 0.15) is 41.9 Å². The molecule has 3 aromatic heterocycles. The van der Waals surface area contributed by atoms with Crippen molar-refractivity contribution in [3.8, 4) is 11.6 Å². The number of nitrogens with zero attached hydrogens (tertiary/aromatic N) is 6. The van der Waals surface area contributed by atoms with Crippen molar-refractivity contribution in [1.29, 1.82) is 0 Å². The number of carbonyl (C=O) groups is 1. The van der Waals surface area contributed by atoms with Crippen molar-refractivity contribution in [3.63, 3.8) is 0 Å². The molecule has 6 rings (SSSR count). The van der Waals surface area contributed by atoms with E-state index in [-0.39, 0.29) is 12.0 Å². The first kappa shape index (κ1) is 23.5. The van der Waals surface area contributed by atoms with Crippen molar-refractivity contribution in [2.45, 2.75) is 38.3 Å². The number of hydrogen-bond donors (Lipinski definition) is 0. The Morgan fingerprint density at radius 1 is 0.946 bits per heavy atom. The second kappa shape index (κ2) is 10.3. The Hall–Kier alpha value is -3.85. The third kappa shape index (κ3) is 5.17. The fourth-order valence-corrected chi connectivity index (χ4v) is 5.16. The van der Waals surface area contributed by atoms with Crippen molar-refractivity contribution >= 4 is 16.8 Å². The lowest BCUT2D eigenvalue weighted by atomic mass is 10.1. The molecule has 1 amide bonds. The topological polar surface area (TPSA) is 76.4 Å². The molecule has 2 aliphatic heterocycles. The molecule has 0 bridgehead atoms. The van der Waals surface area contributed by atoms with Gasteiger partial charge in [-0.25, -0.2) is 19.3 Å². The number of carbonyl (C=O) groups excluding carboxylic acids is 1. The summed E-state index contributed by atoms with van der Waals surface area (Å²) in [5, 5.41) is 1.02. The lowest BCUT2D eigenvalue weighted by molar-refractivity contribution is 0.0793. The van der Waals surface area contributed by atoms with Crippen LogP contribution in [-0.2, 0) is 6.54 Å². The summed E-state index contributed by atoms with van der Waals surface area (Å²) in [5.74, 6) is 1.88. The van der Waals surface area contributed by atoms with Crippen LogP contribution in [0.25, 0.3) is 16.7 Å². The molecule has 0 saturated carbocycles. The van der Waals surface area contributed by atoms with E-state index in [0.717, 1.165) is 79.9 Å². The Balaban J connectivity index is 1.06. The van der Waals surface area contributed by atoms with E-state index in [1.54, 1.807) is 6.20 Å². The van der Waals surface area contributed by atoms with Crippen LogP contribution < -0.4 is 4.74 Å². The van der Waals surface area contributed by atoms with E-state index in [2.05, 4.69) is 19.9 Å². The summed E-state index contributed by atoms with van der Waals surface area (Å²) in [4.78, 5) is 29.7. The number of amides is 1. The minimum atomic E-state index is -0.418. The smallest absolute Gasteiger partial charge is 0.253 e. The molecule has 0 spiro atoms. The molecule has 2 fully saturated rings. The lowest BCUT2D eigenvalue weighted by Gasteiger charge is -2.31. The summed E-state index contributed by atoms with van der Waals surface area (Å²) in [6.07, 6.45) is 10.2. The zero-order chi connectivity index (χ0) is 25.2. The van der Waals surface area contributed by atoms with Gasteiger partial charge in [-0.3, -0.25) is 9.69 Å². The van der Waals surface area contributed by atoms with E-state index < -0.39 is 5.82 Å². The van der Waals surface area contributed by atoms with E-state index in [0.29, 0.717) is 12.4 Å². The molecule has 5 heterocycles. The molecular weight excluding hydrogens is 471 g/mol. The van der Waals surface area contributed by atoms with Crippen LogP contribution in [0.4, 0.5) is 4.39 Å². The zero-order valence-corrected chi connectivity index (χ0v) is 20.6. The van der Waals surface area contributed by atoms with Gasteiger partial charge in [0.2, 0.25) is 0 Å². The lowest BCUT2D eigenvalue weighted by Crippen LogP contribution is -2.38. The first-order valence-electron chi connectivity index (χ1n) is 12.8. The van der Waals surface area contributed by atoms with Gasteiger partial charge in [-0.15, -0.1) is 0 Å². The monoisotopic (exact) mass is 500 g/mol. The first-order chi connectivity index (χ1) is 18.1. The van der Waals surface area contributed by atoms with Gasteiger partial charge in [-0.2, -0.15) is 0 Å². The van der Waals surface area contributed by atoms with E-state index >= 15 is 0 Å². The average molecular weight is 501 g/mol. The van der Waals surface area contributed by atoms with Gasteiger partial charge >= 0.3 is 0 Å². The summed E-state index contributed by atoms with van der Waals surface area (Å²) in [6, 6.07) is 11.8. The number of hydrogen-bond acceptors (Lipinski definition) is 6. The number of pyridine rings is 1. The maximum absolute atomic E-state index is 13.0. The number of piperidine rings is 1. The second-order valence-electron chi connectivity index (χ2n) is 9.72. The molecule has 0 aliphatic carbocycles. The minimum absolute atomic E-state index is 0.112. The Morgan fingerprint density at radius 2 is 1.73 bits per heavy atom.